The lowest BCUT2D eigenvalue weighted by molar-refractivity contribution is -0.122. The van der Waals surface area contributed by atoms with Crippen molar-refractivity contribution in [3.05, 3.63) is 58.4 Å². The van der Waals surface area contributed by atoms with E-state index >= 15 is 0 Å². The van der Waals surface area contributed by atoms with Gasteiger partial charge in [0.25, 0.3) is 11.8 Å². The molecule has 2 heterocycles. The molecule has 0 saturated carbocycles. The topological polar surface area (TPSA) is 54.3 Å². The molecule has 0 spiro atoms. The third-order valence-corrected chi connectivity index (χ3v) is 4.77. The highest BCUT2D eigenvalue weighted by molar-refractivity contribution is 7.80. The van der Waals surface area contributed by atoms with Gasteiger partial charge in [0.2, 0.25) is 0 Å². The molecule has 0 aliphatic carbocycles. The first kappa shape index (κ1) is 17.4. The number of aryl methyl sites for hydroxylation is 1. The second-order valence-corrected chi connectivity index (χ2v) is 6.35. The van der Waals surface area contributed by atoms with Gasteiger partial charge in [-0.15, -0.1) is 0 Å². The van der Waals surface area contributed by atoms with Crippen LogP contribution in [0, 0.1) is 6.92 Å². The summed E-state index contributed by atoms with van der Waals surface area (Å²) >= 11 is 11.4. The van der Waals surface area contributed by atoms with Crippen molar-refractivity contribution in [3.63, 3.8) is 0 Å². The van der Waals surface area contributed by atoms with Gasteiger partial charge in [-0.25, -0.2) is 0 Å². The summed E-state index contributed by atoms with van der Waals surface area (Å²) in [5, 5.41) is 3.15. The Morgan fingerprint density at radius 2 is 2.00 bits per heavy atom. The minimum absolute atomic E-state index is 0.0291. The Bertz CT molecular complexity index is 917. The fourth-order valence-corrected chi connectivity index (χ4v) is 3.15. The van der Waals surface area contributed by atoms with Crippen LogP contribution in [-0.2, 0) is 16.1 Å². The molecule has 5 nitrogen and oxygen atoms in total. The second kappa shape index (κ2) is 6.82. The number of carbonyl (C=O) groups is 2. The largest absolute Gasteiger partial charge is 0.348 e. The highest BCUT2D eigenvalue weighted by Gasteiger charge is 2.35. The number of nitrogens with zero attached hydrogens (tertiary/aromatic N) is 2. The van der Waals surface area contributed by atoms with Gasteiger partial charge in [0, 0.05) is 23.5 Å². The van der Waals surface area contributed by atoms with Crippen molar-refractivity contribution in [2.75, 3.05) is 4.90 Å². The Kier molecular flexibility index (Phi) is 4.74. The third-order valence-electron chi connectivity index (χ3n) is 4.08. The molecule has 1 aromatic heterocycles. The zero-order chi connectivity index (χ0) is 18.1. The molecule has 1 aromatic carbocycles. The van der Waals surface area contributed by atoms with Crippen molar-refractivity contribution in [2.24, 2.45) is 0 Å². The first-order valence-corrected chi connectivity index (χ1v) is 8.54. The number of thiocarbonyl (C=S) groups is 1. The molecule has 0 unspecified atom stereocenters. The van der Waals surface area contributed by atoms with Gasteiger partial charge >= 0.3 is 0 Å². The monoisotopic (exact) mass is 373 g/mol. The molecule has 1 N–H and O–H groups in total. The van der Waals surface area contributed by atoms with Crippen molar-refractivity contribution in [1.82, 2.24) is 9.88 Å². The number of halogens is 1. The number of nitrogens with one attached hydrogen (secondary N) is 1. The van der Waals surface area contributed by atoms with E-state index in [1.54, 1.807) is 31.2 Å². The lowest BCUT2D eigenvalue weighted by Gasteiger charge is -2.30. The summed E-state index contributed by atoms with van der Waals surface area (Å²) in [7, 11) is 0. The number of amides is 2. The Hall–Kier alpha value is -2.44. The average Bonchev–Trinajstić information content (AvgIpc) is 3.02. The van der Waals surface area contributed by atoms with Crippen molar-refractivity contribution in [3.8, 4) is 0 Å². The van der Waals surface area contributed by atoms with Gasteiger partial charge in [0.1, 0.15) is 5.57 Å². The highest BCUT2D eigenvalue weighted by atomic mass is 35.5. The summed E-state index contributed by atoms with van der Waals surface area (Å²) in [4.78, 5) is 26.6. The minimum atomic E-state index is -0.505. The van der Waals surface area contributed by atoms with Crippen molar-refractivity contribution in [1.29, 1.82) is 0 Å². The van der Waals surface area contributed by atoms with Crippen LogP contribution in [0.5, 0.6) is 0 Å². The SMILES string of the molecule is CCn1cccc1/C=C1\C(=O)NC(=S)N(c2cccc(Cl)c2C)C1=O. The predicted octanol–water partition coefficient (Wildman–Crippen LogP) is 3.30. The molecule has 1 fully saturated rings. The van der Waals surface area contributed by atoms with E-state index in [0.29, 0.717) is 16.3 Å². The van der Waals surface area contributed by atoms with Gasteiger partial charge < -0.3 is 4.57 Å². The van der Waals surface area contributed by atoms with E-state index in [1.165, 1.54) is 4.90 Å². The number of hydrogen-bond acceptors (Lipinski definition) is 3. The summed E-state index contributed by atoms with van der Waals surface area (Å²) < 4.78 is 1.94. The van der Waals surface area contributed by atoms with Crippen LogP contribution in [0.4, 0.5) is 5.69 Å². The van der Waals surface area contributed by atoms with E-state index in [9.17, 15) is 9.59 Å². The molecule has 3 rings (SSSR count). The molecule has 0 radical (unpaired) electrons. The zero-order valence-corrected chi connectivity index (χ0v) is 15.3. The molecular formula is C18H16ClN3O2S. The third kappa shape index (κ3) is 3.10. The maximum Gasteiger partial charge on any atom is 0.270 e. The van der Waals surface area contributed by atoms with Gasteiger partial charge in [0.15, 0.2) is 5.11 Å². The van der Waals surface area contributed by atoms with Gasteiger partial charge in [-0.2, -0.15) is 0 Å². The van der Waals surface area contributed by atoms with Crippen LogP contribution in [0.1, 0.15) is 18.2 Å². The van der Waals surface area contributed by atoms with E-state index in [2.05, 4.69) is 5.32 Å². The summed E-state index contributed by atoms with van der Waals surface area (Å²) in [5.41, 5.74) is 2.07. The molecule has 1 aliphatic rings. The Morgan fingerprint density at radius 3 is 2.72 bits per heavy atom. The Balaban J connectivity index is 2.07. The fourth-order valence-electron chi connectivity index (χ4n) is 2.71. The first-order chi connectivity index (χ1) is 11.9. The summed E-state index contributed by atoms with van der Waals surface area (Å²) in [5.74, 6) is -0.974. The first-order valence-electron chi connectivity index (χ1n) is 7.75. The second-order valence-electron chi connectivity index (χ2n) is 5.56. The number of anilines is 1. The number of aromatic nitrogens is 1. The van der Waals surface area contributed by atoms with Gasteiger partial charge in [0.05, 0.1) is 5.69 Å². The van der Waals surface area contributed by atoms with E-state index in [0.717, 1.165) is 12.2 Å². The Labute approximate surface area is 155 Å². The lowest BCUT2D eigenvalue weighted by Crippen LogP contribution is -2.54. The van der Waals surface area contributed by atoms with E-state index in [1.807, 2.05) is 29.8 Å². The summed E-state index contributed by atoms with van der Waals surface area (Å²) in [6, 6.07) is 8.93. The molecule has 2 aromatic rings. The molecule has 25 heavy (non-hydrogen) atoms. The zero-order valence-electron chi connectivity index (χ0n) is 13.7. The van der Waals surface area contributed by atoms with Crippen LogP contribution < -0.4 is 10.2 Å². The molecule has 128 valence electrons. The minimum Gasteiger partial charge on any atom is -0.348 e. The number of rotatable bonds is 3. The van der Waals surface area contributed by atoms with Crippen molar-refractivity contribution >= 4 is 52.5 Å². The fraction of sp³-hybridized carbons (Fsp3) is 0.167. The van der Waals surface area contributed by atoms with Crippen LogP contribution in [-0.4, -0.2) is 21.5 Å². The maximum atomic E-state index is 13.0. The molecule has 0 bridgehead atoms. The van der Waals surface area contributed by atoms with Gasteiger partial charge in [-0.3, -0.25) is 19.8 Å². The van der Waals surface area contributed by atoms with E-state index in [-0.39, 0.29) is 10.7 Å². The summed E-state index contributed by atoms with van der Waals surface area (Å²) in [6.45, 7) is 4.52. The smallest absolute Gasteiger partial charge is 0.270 e. The molecule has 1 saturated heterocycles. The molecule has 1 aliphatic heterocycles. The molecular weight excluding hydrogens is 358 g/mol. The van der Waals surface area contributed by atoms with Crippen LogP contribution in [0.2, 0.25) is 5.02 Å². The predicted molar refractivity (Wildman–Crippen MR) is 102 cm³/mol. The standard InChI is InChI=1S/C18H16ClN3O2S/c1-3-21-9-5-6-12(21)10-13-16(23)20-18(25)22(17(13)24)15-8-4-7-14(19)11(15)2/h4-10H,3H2,1-2H3,(H,20,23,25)/b13-10+. The van der Waals surface area contributed by atoms with Crippen LogP contribution in [0.25, 0.3) is 6.08 Å². The lowest BCUT2D eigenvalue weighted by atomic mass is 10.1. The quantitative estimate of drug-likeness (QED) is 0.510. The highest BCUT2D eigenvalue weighted by Crippen LogP contribution is 2.29. The molecule has 0 atom stereocenters. The molecule has 7 heteroatoms. The summed E-state index contributed by atoms with van der Waals surface area (Å²) in [6.07, 6.45) is 3.47. The van der Waals surface area contributed by atoms with Gasteiger partial charge in [-0.1, -0.05) is 17.7 Å². The number of hydrogen-bond donors (Lipinski definition) is 1. The average molecular weight is 374 g/mol. The van der Waals surface area contributed by atoms with Crippen LogP contribution in [0.3, 0.4) is 0 Å². The molecule has 2 amide bonds. The van der Waals surface area contributed by atoms with Crippen LogP contribution in [0.15, 0.2) is 42.1 Å². The van der Waals surface area contributed by atoms with E-state index in [4.69, 9.17) is 23.8 Å². The normalized spacial score (nSPS) is 16.5. The number of benzene rings is 1. The maximum absolute atomic E-state index is 13.0. The van der Waals surface area contributed by atoms with Gasteiger partial charge in [-0.05, 0) is 62.0 Å². The Morgan fingerprint density at radius 1 is 1.24 bits per heavy atom. The van der Waals surface area contributed by atoms with Crippen molar-refractivity contribution < 1.29 is 9.59 Å². The van der Waals surface area contributed by atoms with E-state index < -0.39 is 11.8 Å². The van der Waals surface area contributed by atoms with Crippen LogP contribution >= 0.6 is 23.8 Å². The number of carbonyl (C=O) groups excluding carboxylic acids is 2. The van der Waals surface area contributed by atoms with Crippen molar-refractivity contribution in [2.45, 2.75) is 20.4 Å².